The molecule has 6 heterocycles. The maximum atomic E-state index is 13.3. The number of alkyl halides is 6. The van der Waals surface area contributed by atoms with Crippen molar-refractivity contribution in [3.8, 4) is 22.6 Å². The maximum absolute atomic E-state index is 13.3. The topological polar surface area (TPSA) is 230 Å². The minimum atomic E-state index is -4.75. The summed E-state index contributed by atoms with van der Waals surface area (Å²) in [6, 6.07) is 15.9. The maximum Gasteiger partial charge on any atom is 0.434 e. The second-order valence-electron chi connectivity index (χ2n) is 12.1. The Bertz CT molecular complexity index is 3000. The number of nitrogens with zero attached hydrogens (tertiary/aromatic N) is 6. The van der Waals surface area contributed by atoms with Crippen LogP contribution in [0.1, 0.15) is 32.4 Å². The Hall–Kier alpha value is -8.36. The molecule has 0 atom stereocenters. The Morgan fingerprint density at radius 3 is 1.57 bits per heavy atom. The molecule has 0 aliphatic heterocycles. The minimum Gasteiger partial charge on any atom is -0.476 e. The van der Waals surface area contributed by atoms with Gasteiger partial charge >= 0.3 is 18.3 Å². The number of carboxylic acid groups (broad SMARTS) is 1. The predicted molar refractivity (Wildman–Crippen MR) is 205 cm³/mol. The van der Waals surface area contributed by atoms with Gasteiger partial charge in [-0.25, -0.2) is 14.8 Å². The van der Waals surface area contributed by atoms with Gasteiger partial charge in [0.25, 0.3) is 5.91 Å². The summed E-state index contributed by atoms with van der Waals surface area (Å²) in [7, 11) is 0. The van der Waals surface area contributed by atoms with Gasteiger partial charge in [-0.05, 0) is 48.5 Å². The lowest BCUT2D eigenvalue weighted by Crippen LogP contribution is -2.15. The van der Waals surface area contributed by atoms with E-state index in [-0.39, 0.29) is 67.3 Å². The first kappa shape index (κ1) is 42.3. The molecule has 0 spiro atoms. The molecular formula is C40H24F6N8O7. The van der Waals surface area contributed by atoms with Crippen LogP contribution in [0, 0.1) is 0 Å². The molecule has 0 fully saturated rings. The molecule has 0 aliphatic rings. The number of carbonyl (C=O) groups excluding carboxylic acids is 1. The molecule has 15 nitrogen and oxygen atoms in total. The summed E-state index contributed by atoms with van der Waals surface area (Å²) in [5, 5.41) is 11.1. The number of halogens is 6. The van der Waals surface area contributed by atoms with Crippen LogP contribution in [0.4, 0.5) is 37.7 Å². The molecule has 21 heteroatoms. The smallest absolute Gasteiger partial charge is 0.434 e. The number of carboxylic acids is 1. The number of nitrogen functional groups attached to an aromatic ring is 1. The summed E-state index contributed by atoms with van der Waals surface area (Å²) < 4.78 is 90.1. The lowest BCUT2D eigenvalue weighted by atomic mass is 10.1. The Labute approximate surface area is 336 Å². The summed E-state index contributed by atoms with van der Waals surface area (Å²) in [5.74, 6) is -2.23. The first-order valence-electron chi connectivity index (χ1n) is 17.0. The van der Waals surface area contributed by atoms with Crippen molar-refractivity contribution in [1.82, 2.24) is 29.9 Å². The van der Waals surface area contributed by atoms with Crippen LogP contribution < -0.4 is 21.9 Å². The quantitative estimate of drug-likeness (QED) is 0.112. The van der Waals surface area contributed by atoms with Gasteiger partial charge in [0.2, 0.25) is 0 Å². The standard InChI is InChI=1S/C20H11F3N4O3.C15H9F3N2O2.C5H4N2O2/c21-20(22,23)18-12(4-2-6-26-18)16-9-15(28)11-3-1-5-13(17(11)30-16)27-19(29)14-10-24-7-8-25-14;16-15(17,18)14-9(4-2-6-20-14)12-7-11(21)8-3-1-5-10(19)13(8)22-12;8-5(9)4-3-6-1-2-7-4/h1-10H,(H,27,29);1-7H,19H2;1-3H,(H,8,9). The minimum absolute atomic E-state index is 0.0135. The second-order valence-corrected chi connectivity index (χ2v) is 12.1. The van der Waals surface area contributed by atoms with Gasteiger partial charge in [0.1, 0.15) is 17.2 Å². The average Bonchev–Trinajstić information content (AvgIpc) is 3.24. The van der Waals surface area contributed by atoms with Crippen LogP contribution in [0.25, 0.3) is 44.6 Å². The van der Waals surface area contributed by atoms with Crippen LogP contribution in [-0.2, 0) is 12.4 Å². The molecule has 8 rings (SSSR count). The lowest BCUT2D eigenvalue weighted by Gasteiger charge is -2.12. The largest absolute Gasteiger partial charge is 0.476 e. The Balaban J connectivity index is 0.000000175. The number of nitrogens with one attached hydrogen (secondary N) is 1. The number of hydrogen-bond acceptors (Lipinski definition) is 13. The molecule has 1 amide bonds. The van der Waals surface area contributed by atoms with Crippen molar-refractivity contribution in [3.05, 3.63) is 166 Å². The van der Waals surface area contributed by atoms with Crippen molar-refractivity contribution in [2.24, 2.45) is 0 Å². The number of rotatable bonds is 5. The molecule has 0 aliphatic carbocycles. The first-order valence-corrected chi connectivity index (χ1v) is 17.0. The highest BCUT2D eigenvalue weighted by Gasteiger charge is 2.37. The second kappa shape index (κ2) is 17.6. The zero-order valence-corrected chi connectivity index (χ0v) is 30.5. The van der Waals surface area contributed by atoms with Crippen molar-refractivity contribution in [3.63, 3.8) is 0 Å². The number of nitrogens with two attached hydrogens (primary N) is 1. The molecule has 0 saturated heterocycles. The van der Waals surface area contributed by atoms with Crippen molar-refractivity contribution < 1.29 is 49.9 Å². The van der Waals surface area contributed by atoms with E-state index in [0.717, 1.165) is 30.6 Å². The molecule has 4 N–H and O–H groups in total. The summed E-state index contributed by atoms with van der Waals surface area (Å²) in [6.07, 6.45) is 0.545. The van der Waals surface area contributed by atoms with Crippen LogP contribution in [0.3, 0.4) is 0 Å². The molecule has 2 aromatic carbocycles. The van der Waals surface area contributed by atoms with Crippen molar-refractivity contribution >= 4 is 45.2 Å². The van der Waals surface area contributed by atoms with E-state index >= 15 is 0 Å². The van der Waals surface area contributed by atoms with Crippen LogP contribution in [0.2, 0.25) is 0 Å². The fourth-order valence-corrected chi connectivity index (χ4v) is 5.41. The van der Waals surface area contributed by atoms with Gasteiger partial charge in [0, 0.05) is 60.4 Å². The van der Waals surface area contributed by atoms with Crippen LogP contribution >= 0.6 is 0 Å². The summed E-state index contributed by atoms with van der Waals surface area (Å²) >= 11 is 0. The number of hydrogen-bond donors (Lipinski definition) is 3. The van der Waals surface area contributed by atoms with Gasteiger partial charge in [-0.1, -0.05) is 12.1 Å². The van der Waals surface area contributed by atoms with Gasteiger partial charge in [0.05, 0.1) is 34.5 Å². The molecule has 0 bridgehead atoms. The Kier molecular flexibility index (Phi) is 12.2. The predicted octanol–water partition coefficient (Wildman–Crippen LogP) is 7.55. The number of aromatic nitrogens is 6. The third-order valence-corrected chi connectivity index (χ3v) is 8.05. The highest BCUT2D eigenvalue weighted by Crippen LogP contribution is 2.38. The molecule has 0 unspecified atom stereocenters. The molecule has 308 valence electrons. The Morgan fingerprint density at radius 2 is 1.10 bits per heavy atom. The summed E-state index contributed by atoms with van der Waals surface area (Å²) in [6.45, 7) is 0. The van der Waals surface area contributed by atoms with E-state index in [4.69, 9.17) is 19.7 Å². The first-order chi connectivity index (χ1) is 29.0. The molecular weight excluding hydrogens is 818 g/mol. The number of para-hydroxylation sites is 2. The highest BCUT2D eigenvalue weighted by molar-refractivity contribution is 6.06. The van der Waals surface area contributed by atoms with Crippen molar-refractivity contribution in [2.45, 2.75) is 12.4 Å². The molecule has 6 aromatic heterocycles. The van der Waals surface area contributed by atoms with Gasteiger partial charge < -0.3 is 25.0 Å². The third kappa shape index (κ3) is 9.85. The van der Waals surface area contributed by atoms with Crippen LogP contribution in [0.15, 0.2) is 141 Å². The zero-order chi connectivity index (χ0) is 43.9. The SMILES string of the molecule is Nc1cccc2c(=O)cc(-c3cccnc3C(F)(F)F)oc12.O=C(Nc1cccc2c(=O)cc(-c3cccnc3C(F)(F)F)oc12)c1cnccn1.O=C(O)c1cnccn1. The lowest BCUT2D eigenvalue weighted by molar-refractivity contribution is -0.141. The normalized spacial score (nSPS) is 11.2. The van der Waals surface area contributed by atoms with E-state index in [1.165, 1.54) is 85.7 Å². The van der Waals surface area contributed by atoms with E-state index in [2.05, 4.69) is 35.2 Å². The van der Waals surface area contributed by atoms with E-state index in [1.54, 1.807) is 6.07 Å². The van der Waals surface area contributed by atoms with Gasteiger partial charge in [0.15, 0.2) is 39.1 Å². The number of fused-ring (bicyclic) bond motifs is 2. The number of benzene rings is 2. The zero-order valence-electron chi connectivity index (χ0n) is 30.5. The highest BCUT2D eigenvalue weighted by atomic mass is 19.4. The average molecular weight is 843 g/mol. The van der Waals surface area contributed by atoms with Gasteiger partial charge in [-0.2, -0.15) is 26.3 Å². The number of pyridine rings is 2. The number of carbonyl (C=O) groups is 2. The molecule has 0 radical (unpaired) electrons. The van der Waals surface area contributed by atoms with E-state index in [0.29, 0.717) is 0 Å². The molecule has 8 aromatic rings. The summed E-state index contributed by atoms with van der Waals surface area (Å²) in [4.78, 5) is 68.6. The molecule has 0 saturated carbocycles. The van der Waals surface area contributed by atoms with Crippen LogP contribution in [0.5, 0.6) is 0 Å². The van der Waals surface area contributed by atoms with E-state index < -0.39 is 46.5 Å². The number of aromatic carboxylic acids is 1. The van der Waals surface area contributed by atoms with E-state index in [9.17, 15) is 45.5 Å². The van der Waals surface area contributed by atoms with Gasteiger partial charge in [-0.15, -0.1) is 0 Å². The number of anilines is 2. The van der Waals surface area contributed by atoms with Crippen LogP contribution in [-0.4, -0.2) is 46.9 Å². The summed E-state index contributed by atoms with van der Waals surface area (Å²) in [5.41, 5.74) is 1.92. The van der Waals surface area contributed by atoms with E-state index in [1.807, 2.05) is 0 Å². The third-order valence-electron chi connectivity index (χ3n) is 8.05. The van der Waals surface area contributed by atoms with Crippen molar-refractivity contribution in [2.75, 3.05) is 11.1 Å². The fourth-order valence-electron chi connectivity index (χ4n) is 5.41. The monoisotopic (exact) mass is 842 g/mol. The molecule has 61 heavy (non-hydrogen) atoms. The fraction of sp³-hybridized carbons (Fsp3) is 0.0500. The number of amides is 1. The van der Waals surface area contributed by atoms with Crippen molar-refractivity contribution in [1.29, 1.82) is 0 Å². The Morgan fingerprint density at radius 1 is 0.607 bits per heavy atom. The van der Waals surface area contributed by atoms with Gasteiger partial charge in [-0.3, -0.25) is 34.3 Å².